The third kappa shape index (κ3) is 3.34. The summed E-state index contributed by atoms with van der Waals surface area (Å²) in [5.41, 5.74) is 1.22. The predicted octanol–water partition coefficient (Wildman–Crippen LogP) is 2.35. The van der Waals surface area contributed by atoms with E-state index in [4.69, 9.17) is 0 Å². The van der Waals surface area contributed by atoms with Crippen LogP contribution in [-0.4, -0.2) is 15.5 Å². The number of rotatable bonds is 5. The van der Waals surface area contributed by atoms with Crippen molar-refractivity contribution in [3.63, 3.8) is 0 Å². The smallest absolute Gasteiger partial charge is 0.242 e. The van der Waals surface area contributed by atoms with Crippen molar-refractivity contribution in [1.82, 2.24) is 4.72 Å². The highest BCUT2D eigenvalue weighted by Crippen LogP contribution is 2.21. The van der Waals surface area contributed by atoms with Gasteiger partial charge < -0.3 is 5.32 Å². The molecule has 0 bridgehead atoms. The zero-order valence-corrected chi connectivity index (χ0v) is 11.7. The van der Waals surface area contributed by atoms with Gasteiger partial charge in [0.1, 0.15) is 10.7 Å². The maximum absolute atomic E-state index is 13.1. The molecule has 2 N–H and O–H groups in total. The SMILES string of the molecule is CNS(=O)(=O)c1ccccc1NCc1cccc(F)c1. The second kappa shape index (κ2) is 6.02. The summed E-state index contributed by atoms with van der Waals surface area (Å²) in [7, 11) is -2.17. The summed E-state index contributed by atoms with van der Waals surface area (Å²) in [5, 5.41) is 3.01. The van der Waals surface area contributed by atoms with E-state index in [1.807, 2.05) is 0 Å². The Hall–Kier alpha value is -1.92. The molecule has 0 aromatic heterocycles. The second-order valence-corrected chi connectivity index (χ2v) is 6.04. The van der Waals surface area contributed by atoms with Crippen molar-refractivity contribution in [2.75, 3.05) is 12.4 Å². The molecule has 0 aliphatic heterocycles. The molecular weight excluding hydrogens is 279 g/mol. The van der Waals surface area contributed by atoms with Crippen LogP contribution in [0, 0.1) is 5.82 Å². The Labute approximate surface area is 117 Å². The fourth-order valence-electron chi connectivity index (χ4n) is 1.80. The highest BCUT2D eigenvalue weighted by atomic mass is 32.2. The van der Waals surface area contributed by atoms with E-state index < -0.39 is 10.0 Å². The average Bonchev–Trinajstić information content (AvgIpc) is 2.45. The Morgan fingerprint density at radius 3 is 2.55 bits per heavy atom. The number of anilines is 1. The van der Waals surface area contributed by atoms with E-state index in [0.717, 1.165) is 5.56 Å². The van der Waals surface area contributed by atoms with Crippen LogP contribution in [0.1, 0.15) is 5.56 Å². The predicted molar refractivity (Wildman–Crippen MR) is 76.4 cm³/mol. The van der Waals surface area contributed by atoms with Crippen molar-refractivity contribution in [2.45, 2.75) is 11.4 Å². The molecule has 0 atom stereocenters. The Bertz CT molecular complexity index is 702. The van der Waals surface area contributed by atoms with E-state index in [1.165, 1.54) is 25.2 Å². The minimum absolute atomic E-state index is 0.166. The lowest BCUT2D eigenvalue weighted by atomic mass is 10.2. The molecule has 2 aromatic rings. The van der Waals surface area contributed by atoms with Crippen molar-refractivity contribution in [1.29, 1.82) is 0 Å². The Kier molecular flexibility index (Phi) is 4.36. The maximum Gasteiger partial charge on any atom is 0.242 e. The normalized spacial score (nSPS) is 11.3. The summed E-state index contributed by atoms with van der Waals surface area (Å²) in [5.74, 6) is -0.319. The van der Waals surface area contributed by atoms with Crippen molar-refractivity contribution in [3.05, 3.63) is 59.9 Å². The van der Waals surface area contributed by atoms with Crippen molar-refractivity contribution < 1.29 is 12.8 Å². The van der Waals surface area contributed by atoms with E-state index in [0.29, 0.717) is 12.2 Å². The summed E-state index contributed by atoms with van der Waals surface area (Å²) in [6, 6.07) is 12.7. The third-order valence-electron chi connectivity index (χ3n) is 2.82. The third-order valence-corrected chi connectivity index (χ3v) is 4.29. The topological polar surface area (TPSA) is 58.2 Å². The molecule has 0 amide bonds. The Morgan fingerprint density at radius 2 is 1.85 bits per heavy atom. The quantitative estimate of drug-likeness (QED) is 0.890. The van der Waals surface area contributed by atoms with Crippen molar-refractivity contribution in [3.8, 4) is 0 Å². The summed E-state index contributed by atoms with van der Waals surface area (Å²) in [6.45, 7) is 0.341. The van der Waals surface area contributed by atoms with Gasteiger partial charge in [-0.05, 0) is 36.9 Å². The fraction of sp³-hybridized carbons (Fsp3) is 0.143. The van der Waals surface area contributed by atoms with Crippen LogP contribution in [0.3, 0.4) is 0 Å². The lowest BCUT2D eigenvalue weighted by Crippen LogP contribution is -2.20. The first-order chi connectivity index (χ1) is 9.53. The molecule has 0 radical (unpaired) electrons. The van der Waals surface area contributed by atoms with Gasteiger partial charge in [-0.3, -0.25) is 0 Å². The molecule has 4 nitrogen and oxygen atoms in total. The number of halogens is 1. The molecule has 6 heteroatoms. The zero-order valence-electron chi connectivity index (χ0n) is 10.9. The first kappa shape index (κ1) is 14.5. The van der Waals surface area contributed by atoms with Gasteiger partial charge in [-0.2, -0.15) is 0 Å². The Balaban J connectivity index is 2.22. The molecule has 2 rings (SSSR count). The molecule has 0 unspecified atom stereocenters. The number of hydrogen-bond donors (Lipinski definition) is 2. The Morgan fingerprint density at radius 1 is 1.10 bits per heavy atom. The lowest BCUT2D eigenvalue weighted by molar-refractivity contribution is 0.588. The molecule has 0 spiro atoms. The highest BCUT2D eigenvalue weighted by Gasteiger charge is 2.15. The molecular formula is C14H15FN2O2S. The van der Waals surface area contributed by atoms with E-state index in [2.05, 4.69) is 10.0 Å². The van der Waals surface area contributed by atoms with Gasteiger partial charge in [-0.1, -0.05) is 24.3 Å². The molecule has 0 saturated carbocycles. The summed E-state index contributed by atoms with van der Waals surface area (Å²) in [4.78, 5) is 0.166. The van der Waals surface area contributed by atoms with Gasteiger partial charge in [0.05, 0.1) is 5.69 Å². The van der Waals surface area contributed by atoms with E-state index in [9.17, 15) is 12.8 Å². The van der Waals surface area contributed by atoms with Crippen LogP contribution in [0.4, 0.5) is 10.1 Å². The fourth-order valence-corrected chi connectivity index (χ4v) is 2.71. The number of hydrogen-bond acceptors (Lipinski definition) is 3. The summed E-state index contributed by atoms with van der Waals surface area (Å²) in [6.07, 6.45) is 0. The number of para-hydroxylation sites is 1. The zero-order chi connectivity index (χ0) is 14.6. The summed E-state index contributed by atoms with van der Waals surface area (Å²) < 4.78 is 39.1. The van der Waals surface area contributed by atoms with Crippen LogP contribution in [0.15, 0.2) is 53.4 Å². The van der Waals surface area contributed by atoms with Gasteiger partial charge >= 0.3 is 0 Å². The van der Waals surface area contributed by atoms with Crippen molar-refractivity contribution in [2.24, 2.45) is 0 Å². The van der Waals surface area contributed by atoms with E-state index in [-0.39, 0.29) is 10.7 Å². The van der Waals surface area contributed by atoms with E-state index in [1.54, 1.807) is 30.3 Å². The largest absolute Gasteiger partial charge is 0.380 e. The second-order valence-electron chi connectivity index (χ2n) is 4.19. The molecule has 0 aliphatic carbocycles. The highest BCUT2D eigenvalue weighted by molar-refractivity contribution is 7.89. The van der Waals surface area contributed by atoms with Gasteiger partial charge in [0, 0.05) is 6.54 Å². The van der Waals surface area contributed by atoms with Crippen LogP contribution >= 0.6 is 0 Å². The number of benzene rings is 2. The first-order valence-corrected chi connectivity index (χ1v) is 7.52. The molecule has 2 aromatic carbocycles. The first-order valence-electron chi connectivity index (χ1n) is 6.04. The van der Waals surface area contributed by atoms with Gasteiger partial charge in [-0.15, -0.1) is 0 Å². The molecule has 106 valence electrons. The van der Waals surface area contributed by atoms with Crippen LogP contribution in [0.5, 0.6) is 0 Å². The average molecular weight is 294 g/mol. The standard InChI is InChI=1S/C14H15FN2O2S/c1-16-20(18,19)14-8-3-2-7-13(14)17-10-11-5-4-6-12(15)9-11/h2-9,16-17H,10H2,1H3. The molecule has 0 aliphatic rings. The molecule has 20 heavy (non-hydrogen) atoms. The van der Waals surface area contributed by atoms with Gasteiger partial charge in [0.2, 0.25) is 10.0 Å². The van der Waals surface area contributed by atoms with Crippen LogP contribution in [0.2, 0.25) is 0 Å². The van der Waals surface area contributed by atoms with Gasteiger partial charge in [0.15, 0.2) is 0 Å². The van der Waals surface area contributed by atoms with Crippen LogP contribution in [-0.2, 0) is 16.6 Å². The molecule has 0 saturated heterocycles. The summed E-state index contributed by atoms with van der Waals surface area (Å²) >= 11 is 0. The number of sulfonamides is 1. The minimum atomic E-state index is -3.53. The lowest BCUT2D eigenvalue weighted by Gasteiger charge is -2.12. The van der Waals surface area contributed by atoms with Crippen molar-refractivity contribution >= 4 is 15.7 Å². The van der Waals surface area contributed by atoms with Gasteiger partial charge in [0.25, 0.3) is 0 Å². The van der Waals surface area contributed by atoms with Crippen LogP contribution < -0.4 is 10.0 Å². The molecule has 0 fully saturated rings. The van der Waals surface area contributed by atoms with Gasteiger partial charge in [-0.25, -0.2) is 17.5 Å². The number of nitrogens with one attached hydrogen (secondary N) is 2. The maximum atomic E-state index is 13.1. The van der Waals surface area contributed by atoms with E-state index >= 15 is 0 Å². The molecule has 0 heterocycles. The monoisotopic (exact) mass is 294 g/mol. The minimum Gasteiger partial charge on any atom is -0.380 e. The van der Waals surface area contributed by atoms with Crippen LogP contribution in [0.25, 0.3) is 0 Å².